The standard InChI is InChI=1S/C22H21FN2O3S/c1-25(12-15-4-9-18-19(11-15)28-14-27-18)13-21(26)24-22(20-3-2-10-29-20)16-5-7-17(23)8-6-16/h2-11,22H,12-14H2,1H3,(H,24,26)/p+1/t22-/m0/s1. The minimum Gasteiger partial charge on any atom is -0.454 e. The van der Waals surface area contributed by atoms with Crippen molar-refractivity contribution < 1.29 is 23.6 Å². The lowest BCUT2D eigenvalue weighted by molar-refractivity contribution is -0.885. The zero-order chi connectivity index (χ0) is 20.2. The first-order valence-electron chi connectivity index (χ1n) is 9.36. The van der Waals surface area contributed by atoms with Crippen LogP contribution in [-0.4, -0.2) is 26.3 Å². The average Bonchev–Trinajstić information content (AvgIpc) is 3.38. The molecule has 0 radical (unpaired) electrons. The molecule has 1 aliphatic heterocycles. The highest BCUT2D eigenvalue weighted by molar-refractivity contribution is 7.10. The smallest absolute Gasteiger partial charge is 0.275 e. The summed E-state index contributed by atoms with van der Waals surface area (Å²) >= 11 is 1.56. The van der Waals surface area contributed by atoms with Gasteiger partial charge in [-0.1, -0.05) is 18.2 Å². The maximum Gasteiger partial charge on any atom is 0.275 e. The van der Waals surface area contributed by atoms with Crippen LogP contribution < -0.4 is 19.7 Å². The van der Waals surface area contributed by atoms with Gasteiger partial charge in [-0.3, -0.25) is 4.79 Å². The van der Waals surface area contributed by atoms with Gasteiger partial charge in [0.25, 0.3) is 5.91 Å². The summed E-state index contributed by atoms with van der Waals surface area (Å²) in [6, 6.07) is 15.7. The van der Waals surface area contributed by atoms with Crippen LogP contribution in [0.1, 0.15) is 22.0 Å². The number of thiophene rings is 1. The van der Waals surface area contributed by atoms with Crippen molar-refractivity contribution >= 4 is 17.2 Å². The van der Waals surface area contributed by atoms with Gasteiger partial charge in [0.2, 0.25) is 6.79 Å². The van der Waals surface area contributed by atoms with E-state index in [4.69, 9.17) is 9.47 Å². The predicted octanol–water partition coefficient (Wildman–Crippen LogP) is 2.54. The SMILES string of the molecule is C[NH+](CC(=O)N[C@@H](c1ccc(F)cc1)c1cccs1)Cc1ccc2c(c1)OCO2. The molecule has 29 heavy (non-hydrogen) atoms. The number of likely N-dealkylation sites (N-methyl/N-ethyl adjacent to an activating group) is 1. The van der Waals surface area contributed by atoms with Gasteiger partial charge in [0.15, 0.2) is 18.0 Å². The van der Waals surface area contributed by atoms with Crippen molar-refractivity contribution in [3.8, 4) is 11.5 Å². The van der Waals surface area contributed by atoms with Gasteiger partial charge in [-0.25, -0.2) is 4.39 Å². The molecule has 0 spiro atoms. The molecule has 1 unspecified atom stereocenters. The number of amides is 1. The molecule has 2 atom stereocenters. The number of quaternary nitrogens is 1. The lowest BCUT2D eigenvalue weighted by Crippen LogP contribution is -3.08. The summed E-state index contributed by atoms with van der Waals surface area (Å²) in [7, 11) is 1.97. The summed E-state index contributed by atoms with van der Waals surface area (Å²) in [6.07, 6.45) is 0. The third-order valence-corrected chi connectivity index (χ3v) is 5.68. The molecule has 3 aromatic rings. The van der Waals surface area contributed by atoms with Gasteiger partial charge in [-0.2, -0.15) is 0 Å². The molecule has 2 aromatic carbocycles. The summed E-state index contributed by atoms with van der Waals surface area (Å²) in [4.78, 5) is 14.8. The largest absolute Gasteiger partial charge is 0.454 e. The van der Waals surface area contributed by atoms with Crippen molar-refractivity contribution in [2.75, 3.05) is 20.4 Å². The van der Waals surface area contributed by atoms with Crippen LogP contribution >= 0.6 is 11.3 Å². The molecule has 2 heterocycles. The Hall–Kier alpha value is -2.90. The Labute approximate surface area is 172 Å². The number of benzene rings is 2. The van der Waals surface area contributed by atoms with Crippen LogP contribution in [0, 0.1) is 5.82 Å². The van der Waals surface area contributed by atoms with E-state index in [9.17, 15) is 9.18 Å². The Balaban J connectivity index is 1.40. The molecular weight excluding hydrogens is 391 g/mol. The van der Waals surface area contributed by atoms with Crippen molar-refractivity contribution in [2.24, 2.45) is 0 Å². The van der Waals surface area contributed by atoms with Gasteiger partial charge < -0.3 is 19.7 Å². The molecule has 1 amide bonds. The van der Waals surface area contributed by atoms with Crippen LogP contribution in [-0.2, 0) is 11.3 Å². The van der Waals surface area contributed by atoms with Crippen LogP contribution in [0.4, 0.5) is 4.39 Å². The monoisotopic (exact) mass is 413 g/mol. The average molecular weight is 413 g/mol. The van der Waals surface area contributed by atoms with E-state index in [1.807, 2.05) is 42.8 Å². The lowest BCUT2D eigenvalue weighted by Gasteiger charge is -2.20. The Kier molecular flexibility index (Phi) is 5.78. The van der Waals surface area contributed by atoms with Gasteiger partial charge in [0.05, 0.1) is 13.1 Å². The third kappa shape index (κ3) is 4.75. The number of nitrogens with one attached hydrogen (secondary N) is 2. The summed E-state index contributed by atoms with van der Waals surface area (Å²) < 4.78 is 24.1. The maximum atomic E-state index is 13.3. The van der Waals surface area contributed by atoms with Gasteiger partial charge in [-0.15, -0.1) is 11.3 Å². The number of carbonyl (C=O) groups is 1. The molecule has 4 rings (SSSR count). The van der Waals surface area contributed by atoms with Gasteiger partial charge in [0, 0.05) is 10.4 Å². The number of fused-ring (bicyclic) bond motifs is 1. The fourth-order valence-corrected chi connectivity index (χ4v) is 4.18. The van der Waals surface area contributed by atoms with E-state index in [0.29, 0.717) is 13.1 Å². The van der Waals surface area contributed by atoms with E-state index in [2.05, 4.69) is 5.32 Å². The molecule has 2 N–H and O–H groups in total. The van der Waals surface area contributed by atoms with E-state index in [-0.39, 0.29) is 24.6 Å². The third-order valence-electron chi connectivity index (χ3n) is 4.74. The second-order valence-electron chi connectivity index (χ2n) is 7.07. The predicted molar refractivity (Wildman–Crippen MR) is 109 cm³/mol. The first kappa shape index (κ1) is 19.4. The Morgan fingerprint density at radius 1 is 1.17 bits per heavy atom. The maximum absolute atomic E-state index is 13.3. The van der Waals surface area contributed by atoms with Crippen LogP contribution in [0.5, 0.6) is 11.5 Å². The molecule has 1 aliphatic rings. The Morgan fingerprint density at radius 3 is 2.72 bits per heavy atom. The molecule has 0 bridgehead atoms. The molecule has 0 saturated carbocycles. The number of hydrogen-bond donors (Lipinski definition) is 2. The lowest BCUT2D eigenvalue weighted by atomic mass is 10.1. The van der Waals surface area contributed by atoms with Gasteiger partial charge in [0.1, 0.15) is 12.4 Å². The minimum absolute atomic E-state index is 0.0639. The van der Waals surface area contributed by atoms with Crippen LogP contribution in [0.2, 0.25) is 0 Å². The van der Waals surface area contributed by atoms with E-state index >= 15 is 0 Å². The molecule has 0 aliphatic carbocycles. The first-order valence-corrected chi connectivity index (χ1v) is 10.2. The zero-order valence-electron chi connectivity index (χ0n) is 16.0. The van der Waals surface area contributed by atoms with Crippen LogP contribution in [0.15, 0.2) is 60.0 Å². The number of hydrogen-bond acceptors (Lipinski definition) is 4. The van der Waals surface area contributed by atoms with Crippen molar-refractivity contribution in [2.45, 2.75) is 12.6 Å². The van der Waals surface area contributed by atoms with Crippen molar-refractivity contribution in [3.63, 3.8) is 0 Å². The summed E-state index contributed by atoms with van der Waals surface area (Å²) in [6.45, 7) is 1.25. The van der Waals surface area contributed by atoms with Crippen LogP contribution in [0.25, 0.3) is 0 Å². The Bertz CT molecular complexity index is 976. The van der Waals surface area contributed by atoms with Crippen LogP contribution in [0.3, 0.4) is 0 Å². The summed E-state index contributed by atoms with van der Waals surface area (Å²) in [5, 5.41) is 5.06. The van der Waals surface area contributed by atoms with Gasteiger partial charge >= 0.3 is 0 Å². The summed E-state index contributed by atoms with van der Waals surface area (Å²) in [5.74, 6) is 1.14. The highest BCUT2D eigenvalue weighted by atomic mass is 32.1. The van der Waals surface area contributed by atoms with Crippen molar-refractivity contribution in [1.82, 2.24) is 5.32 Å². The quantitative estimate of drug-likeness (QED) is 0.626. The zero-order valence-corrected chi connectivity index (χ0v) is 16.8. The minimum atomic E-state index is -0.294. The number of ether oxygens (including phenoxy) is 2. The van der Waals surface area contributed by atoms with E-state index < -0.39 is 0 Å². The van der Waals surface area contributed by atoms with Crippen molar-refractivity contribution in [1.29, 1.82) is 0 Å². The highest BCUT2D eigenvalue weighted by Crippen LogP contribution is 2.32. The van der Waals surface area contributed by atoms with Gasteiger partial charge in [-0.05, 0) is 47.3 Å². The summed E-state index contributed by atoms with van der Waals surface area (Å²) in [5.41, 5.74) is 1.93. The van der Waals surface area contributed by atoms with E-state index in [1.165, 1.54) is 12.1 Å². The number of halogens is 1. The number of carbonyl (C=O) groups excluding carboxylic acids is 1. The highest BCUT2D eigenvalue weighted by Gasteiger charge is 2.21. The topological polar surface area (TPSA) is 52.0 Å². The molecule has 5 nitrogen and oxygen atoms in total. The Morgan fingerprint density at radius 2 is 1.97 bits per heavy atom. The fourth-order valence-electron chi connectivity index (χ4n) is 3.38. The van der Waals surface area contributed by atoms with Crippen molar-refractivity contribution in [3.05, 3.63) is 81.8 Å². The molecule has 0 fully saturated rings. The molecule has 150 valence electrons. The second-order valence-corrected chi connectivity index (χ2v) is 8.05. The van der Waals surface area contributed by atoms with E-state index in [1.54, 1.807) is 23.5 Å². The first-order chi connectivity index (χ1) is 14.1. The van der Waals surface area contributed by atoms with E-state index in [0.717, 1.165) is 32.4 Å². The molecular formula is C22H22FN2O3S+. The molecule has 1 aromatic heterocycles. The second kappa shape index (κ2) is 8.63. The molecule has 0 saturated heterocycles. The normalized spacial score (nSPS) is 14.4. The fraction of sp³-hybridized carbons (Fsp3) is 0.227. The number of rotatable bonds is 7. The molecule has 7 heteroatoms.